The van der Waals surface area contributed by atoms with Crippen molar-refractivity contribution in [2.45, 2.75) is 19.6 Å². The number of nitrogens with one attached hydrogen (secondary N) is 1. The van der Waals surface area contributed by atoms with E-state index in [0.29, 0.717) is 0 Å². The Morgan fingerprint density at radius 1 is 1.42 bits per heavy atom. The molecule has 1 N–H and O–H groups in total. The Morgan fingerprint density at radius 2 is 2.21 bits per heavy atom. The van der Waals surface area contributed by atoms with Crippen molar-refractivity contribution in [3.05, 3.63) is 30.0 Å². The molecule has 0 radical (unpaired) electrons. The van der Waals surface area contributed by atoms with Crippen molar-refractivity contribution in [1.82, 2.24) is 9.78 Å². The van der Waals surface area contributed by atoms with E-state index in [-0.39, 0.29) is 18.5 Å². The number of halogens is 1. The maximum absolute atomic E-state index is 5.96. The van der Waals surface area contributed by atoms with Crippen molar-refractivity contribution in [2.24, 2.45) is 0 Å². The zero-order chi connectivity index (χ0) is 12.5. The number of fused-ring (bicyclic) bond motifs is 3. The zero-order valence-electron chi connectivity index (χ0n) is 11.4. The lowest BCUT2D eigenvalue weighted by Crippen LogP contribution is -3.09. The summed E-state index contributed by atoms with van der Waals surface area (Å²) >= 11 is 0. The summed E-state index contributed by atoms with van der Waals surface area (Å²) in [5, 5.41) is 5.91. The van der Waals surface area contributed by atoms with Crippen LogP contribution in [-0.4, -0.2) is 36.5 Å². The molecule has 3 rings (SSSR count). The van der Waals surface area contributed by atoms with Crippen molar-refractivity contribution < 1.29 is 22.0 Å². The van der Waals surface area contributed by atoms with Gasteiger partial charge in [-0.3, -0.25) is 4.68 Å². The normalized spacial score (nSPS) is 19.8. The topological polar surface area (TPSA) is 31.5 Å². The van der Waals surface area contributed by atoms with Gasteiger partial charge in [-0.05, 0) is 13.0 Å². The van der Waals surface area contributed by atoms with Crippen LogP contribution >= 0.6 is 0 Å². The van der Waals surface area contributed by atoms with Gasteiger partial charge in [-0.1, -0.05) is 18.2 Å². The number of hydrogen-bond acceptors (Lipinski definition) is 2. The number of nitrogens with zero attached hydrogens (tertiary/aromatic N) is 2. The van der Waals surface area contributed by atoms with Gasteiger partial charge in [0.2, 0.25) is 0 Å². The number of rotatable bonds is 3. The summed E-state index contributed by atoms with van der Waals surface area (Å²) in [5.41, 5.74) is 2.34. The van der Waals surface area contributed by atoms with Gasteiger partial charge >= 0.3 is 0 Å². The van der Waals surface area contributed by atoms with Gasteiger partial charge in [-0.15, -0.1) is 0 Å². The Hall–Kier alpha value is -1.10. The molecule has 1 unspecified atom stereocenters. The van der Waals surface area contributed by atoms with Crippen LogP contribution in [0.25, 0.3) is 10.9 Å². The Morgan fingerprint density at radius 3 is 3.00 bits per heavy atom. The SMILES string of the molecule is CC[NH+](C)C[C@H]1OCCn2nc3ccccc3c21.[Cl-]. The van der Waals surface area contributed by atoms with E-state index >= 15 is 0 Å². The van der Waals surface area contributed by atoms with E-state index in [0.717, 1.165) is 31.8 Å². The summed E-state index contributed by atoms with van der Waals surface area (Å²) < 4.78 is 8.09. The lowest BCUT2D eigenvalue weighted by Gasteiger charge is -2.26. The highest BCUT2D eigenvalue weighted by Gasteiger charge is 2.27. The Bertz CT molecular complexity index is 555. The summed E-state index contributed by atoms with van der Waals surface area (Å²) in [4.78, 5) is 1.48. The Balaban J connectivity index is 0.00000133. The van der Waals surface area contributed by atoms with Crippen LogP contribution in [0.5, 0.6) is 0 Å². The fraction of sp³-hybridized carbons (Fsp3) is 0.500. The molecular weight excluding hydrogens is 262 g/mol. The first-order chi connectivity index (χ1) is 8.79. The van der Waals surface area contributed by atoms with Crippen LogP contribution in [0.1, 0.15) is 18.7 Å². The van der Waals surface area contributed by atoms with Gasteiger partial charge in [0, 0.05) is 5.39 Å². The smallest absolute Gasteiger partial charge is 0.148 e. The fourth-order valence-corrected chi connectivity index (χ4v) is 2.59. The predicted octanol–water partition coefficient (Wildman–Crippen LogP) is -2.35. The fourth-order valence-electron chi connectivity index (χ4n) is 2.59. The van der Waals surface area contributed by atoms with Gasteiger partial charge < -0.3 is 22.0 Å². The summed E-state index contributed by atoms with van der Waals surface area (Å²) in [5.74, 6) is 0. The zero-order valence-corrected chi connectivity index (χ0v) is 12.2. The van der Waals surface area contributed by atoms with Gasteiger partial charge in [0.05, 0.1) is 38.0 Å². The quantitative estimate of drug-likeness (QED) is 0.683. The average Bonchev–Trinajstić information content (AvgIpc) is 2.78. The first-order valence-corrected chi connectivity index (χ1v) is 6.68. The summed E-state index contributed by atoms with van der Waals surface area (Å²) in [6.45, 7) is 5.96. The number of likely N-dealkylation sites (N-methyl/N-ethyl adjacent to an activating group) is 1. The minimum absolute atomic E-state index is 0. The number of ether oxygens (including phenoxy) is 1. The molecule has 2 heterocycles. The number of quaternary nitrogens is 1. The molecule has 0 spiro atoms. The van der Waals surface area contributed by atoms with Crippen molar-refractivity contribution in [1.29, 1.82) is 0 Å². The molecule has 4 nitrogen and oxygen atoms in total. The largest absolute Gasteiger partial charge is 1.00 e. The molecule has 19 heavy (non-hydrogen) atoms. The highest BCUT2D eigenvalue weighted by molar-refractivity contribution is 5.81. The first-order valence-electron chi connectivity index (χ1n) is 6.68. The minimum atomic E-state index is 0. The molecule has 1 aromatic heterocycles. The van der Waals surface area contributed by atoms with E-state index in [1.165, 1.54) is 16.0 Å². The molecule has 1 aliphatic rings. The van der Waals surface area contributed by atoms with Crippen LogP contribution in [0.3, 0.4) is 0 Å². The summed E-state index contributed by atoms with van der Waals surface area (Å²) in [6, 6.07) is 8.35. The van der Waals surface area contributed by atoms with Crippen LogP contribution in [0.15, 0.2) is 24.3 Å². The average molecular weight is 282 g/mol. The van der Waals surface area contributed by atoms with Gasteiger partial charge in [0.1, 0.15) is 12.6 Å². The summed E-state index contributed by atoms with van der Waals surface area (Å²) in [7, 11) is 2.21. The second kappa shape index (κ2) is 5.90. The highest BCUT2D eigenvalue weighted by Crippen LogP contribution is 2.28. The van der Waals surface area contributed by atoms with Crippen molar-refractivity contribution in [2.75, 3.05) is 26.7 Å². The Labute approximate surface area is 119 Å². The van der Waals surface area contributed by atoms with Crippen molar-refractivity contribution in [3.63, 3.8) is 0 Å². The van der Waals surface area contributed by atoms with E-state index in [2.05, 4.69) is 42.0 Å². The van der Waals surface area contributed by atoms with Gasteiger partial charge in [-0.25, -0.2) is 0 Å². The lowest BCUT2D eigenvalue weighted by atomic mass is 10.1. The molecule has 2 aromatic rings. The molecule has 0 saturated carbocycles. The molecular formula is C14H20ClN3O. The highest BCUT2D eigenvalue weighted by atomic mass is 35.5. The van der Waals surface area contributed by atoms with Crippen LogP contribution in [-0.2, 0) is 11.3 Å². The van der Waals surface area contributed by atoms with Crippen LogP contribution < -0.4 is 17.3 Å². The van der Waals surface area contributed by atoms with Crippen LogP contribution in [0.4, 0.5) is 0 Å². The van der Waals surface area contributed by atoms with Crippen molar-refractivity contribution in [3.8, 4) is 0 Å². The monoisotopic (exact) mass is 281 g/mol. The second-order valence-corrected chi connectivity index (χ2v) is 5.00. The molecule has 5 heteroatoms. The third kappa shape index (κ3) is 2.61. The minimum Gasteiger partial charge on any atom is -1.00 e. The maximum Gasteiger partial charge on any atom is 0.148 e. The summed E-state index contributed by atoms with van der Waals surface area (Å²) in [6.07, 6.45) is 0.172. The molecule has 2 atom stereocenters. The Kier molecular flexibility index (Phi) is 4.45. The van der Waals surface area contributed by atoms with Crippen LogP contribution in [0.2, 0.25) is 0 Å². The molecule has 1 aliphatic heterocycles. The van der Waals surface area contributed by atoms with Gasteiger partial charge in [-0.2, -0.15) is 5.10 Å². The number of hydrogen-bond donors (Lipinski definition) is 1. The number of aromatic nitrogens is 2. The first kappa shape index (κ1) is 14.3. The number of benzene rings is 1. The van der Waals surface area contributed by atoms with E-state index in [1.807, 2.05) is 6.07 Å². The second-order valence-electron chi connectivity index (χ2n) is 5.00. The van der Waals surface area contributed by atoms with E-state index in [1.54, 1.807) is 0 Å². The molecule has 0 fully saturated rings. The third-order valence-corrected chi connectivity index (χ3v) is 3.75. The van der Waals surface area contributed by atoms with Gasteiger partial charge in [0.15, 0.2) is 0 Å². The molecule has 104 valence electrons. The van der Waals surface area contributed by atoms with E-state index in [4.69, 9.17) is 4.74 Å². The standard InChI is InChI=1S/C14H19N3O.ClH/c1-3-16(2)10-13-14-11-6-4-5-7-12(11)15-17(14)8-9-18-13;/h4-7,13H,3,8-10H2,1-2H3;1H/t13-;/m1./s1. The molecule has 1 aromatic carbocycles. The molecule has 0 bridgehead atoms. The lowest BCUT2D eigenvalue weighted by molar-refractivity contribution is -0.882. The molecule has 0 aliphatic carbocycles. The van der Waals surface area contributed by atoms with Crippen LogP contribution in [0, 0.1) is 0 Å². The van der Waals surface area contributed by atoms with Crippen molar-refractivity contribution >= 4 is 10.9 Å². The third-order valence-electron chi connectivity index (χ3n) is 3.75. The van der Waals surface area contributed by atoms with E-state index < -0.39 is 0 Å². The van der Waals surface area contributed by atoms with E-state index in [9.17, 15) is 0 Å². The molecule has 0 saturated heterocycles. The maximum atomic E-state index is 5.96. The predicted molar refractivity (Wildman–Crippen MR) is 70.7 cm³/mol. The molecule has 0 amide bonds. The van der Waals surface area contributed by atoms with Gasteiger partial charge in [0.25, 0.3) is 0 Å².